The maximum absolute atomic E-state index is 12.1. The maximum Gasteiger partial charge on any atom is 0.313 e. The summed E-state index contributed by atoms with van der Waals surface area (Å²) in [5.41, 5.74) is 1.28. The van der Waals surface area contributed by atoms with Crippen molar-refractivity contribution in [2.24, 2.45) is 0 Å². The van der Waals surface area contributed by atoms with Gasteiger partial charge in [0, 0.05) is 17.5 Å². The fourth-order valence-corrected chi connectivity index (χ4v) is 3.30. The third-order valence-electron chi connectivity index (χ3n) is 4.22. The number of carbonyl (C=O) groups excluding carboxylic acids is 2. The molecule has 0 spiro atoms. The molecule has 0 aliphatic carbocycles. The highest BCUT2D eigenvalue weighted by atomic mass is 35.5. The minimum Gasteiger partial charge on any atom is -0.466 e. The van der Waals surface area contributed by atoms with Crippen LogP contribution in [0.4, 0.5) is 5.69 Å². The Morgan fingerprint density at radius 3 is 2.50 bits per heavy atom. The zero-order valence-electron chi connectivity index (χ0n) is 14.7. The van der Waals surface area contributed by atoms with E-state index in [9.17, 15) is 9.59 Å². The molecule has 3 rings (SSSR count). The number of carbonyl (C=O) groups is 2. The average Bonchev–Trinajstić information content (AvgIpc) is 3.23. The third-order valence-corrected chi connectivity index (χ3v) is 4.50. The molecule has 8 heteroatoms. The van der Waals surface area contributed by atoms with Crippen LogP contribution >= 0.6 is 11.6 Å². The van der Waals surface area contributed by atoms with E-state index in [1.807, 2.05) is 16.7 Å². The highest BCUT2D eigenvalue weighted by Crippen LogP contribution is 2.34. The Bertz CT molecular complexity index is 700. The second-order valence-corrected chi connectivity index (χ2v) is 6.29. The van der Waals surface area contributed by atoms with E-state index < -0.39 is 12.4 Å². The number of ketones is 1. The summed E-state index contributed by atoms with van der Waals surface area (Å²) in [6.45, 7) is 5.05. The third kappa shape index (κ3) is 3.85. The fourth-order valence-electron chi connectivity index (χ4n) is 2.95. The number of halogens is 1. The Labute approximate surface area is 157 Å². The van der Waals surface area contributed by atoms with Gasteiger partial charge in [-0.1, -0.05) is 11.6 Å². The second-order valence-electron chi connectivity index (χ2n) is 5.90. The van der Waals surface area contributed by atoms with Crippen molar-refractivity contribution in [3.05, 3.63) is 41.2 Å². The molecule has 0 saturated carbocycles. The van der Waals surface area contributed by atoms with Crippen LogP contribution in [0.1, 0.15) is 30.6 Å². The first-order chi connectivity index (χ1) is 12.5. The molecule has 2 aliphatic rings. The Kier molecular flexibility index (Phi) is 5.80. The van der Waals surface area contributed by atoms with Crippen molar-refractivity contribution in [2.45, 2.75) is 32.8 Å². The summed E-state index contributed by atoms with van der Waals surface area (Å²) in [4.78, 5) is 27.4. The zero-order chi connectivity index (χ0) is 18.7. The number of benzene rings is 1. The van der Waals surface area contributed by atoms with Gasteiger partial charge in [0.2, 0.25) is 6.41 Å². The molecule has 1 fully saturated rings. The first-order valence-electron chi connectivity index (χ1n) is 8.47. The molecule has 1 aromatic rings. The molecule has 1 atom stereocenters. The molecule has 0 radical (unpaired) electrons. The van der Waals surface area contributed by atoms with Gasteiger partial charge in [-0.25, -0.2) is 0 Å². The summed E-state index contributed by atoms with van der Waals surface area (Å²) in [5, 5.41) is 0.530. The number of ether oxygens (including phenoxy) is 3. The highest BCUT2D eigenvalue weighted by molar-refractivity contribution is 6.31. The van der Waals surface area contributed by atoms with Crippen molar-refractivity contribution in [3.8, 4) is 0 Å². The number of anilines is 1. The van der Waals surface area contributed by atoms with Crippen molar-refractivity contribution in [2.75, 3.05) is 24.7 Å². The van der Waals surface area contributed by atoms with Crippen LogP contribution in [-0.2, 0) is 19.0 Å². The molecule has 140 valence electrons. The van der Waals surface area contributed by atoms with Gasteiger partial charge in [0.05, 0.1) is 19.8 Å². The first-order valence-corrected chi connectivity index (χ1v) is 8.85. The fraction of sp³-hybridized carbons (Fsp3) is 0.444. The van der Waals surface area contributed by atoms with Gasteiger partial charge in [-0.2, -0.15) is 0 Å². The summed E-state index contributed by atoms with van der Waals surface area (Å²) in [7, 11) is 0. The lowest BCUT2D eigenvalue weighted by molar-refractivity contribution is -0.142. The van der Waals surface area contributed by atoms with Gasteiger partial charge in [-0.05, 0) is 38.1 Å². The van der Waals surface area contributed by atoms with E-state index in [0.29, 0.717) is 23.9 Å². The quantitative estimate of drug-likeness (QED) is 0.325. The monoisotopic (exact) mass is 380 g/mol. The van der Waals surface area contributed by atoms with Gasteiger partial charge in [-0.3, -0.25) is 9.59 Å². The van der Waals surface area contributed by atoms with Gasteiger partial charge >= 0.3 is 5.97 Å². The molecular formula is C18H21ClN2O5. The second kappa shape index (κ2) is 8.07. The molecule has 0 bridgehead atoms. The summed E-state index contributed by atoms with van der Waals surface area (Å²) >= 11 is 6.39. The standard InChI is InChI=1S/C18H21ClN2O5/c1-3-24-17(23)10-15(22)13-4-6-14(7-5-13)21-12(2)20(11-16(21)19)18-25-8-9-26-18/h4-7,11-12,18H,3,8-10H2,1-2H3. The van der Waals surface area contributed by atoms with E-state index in [1.165, 1.54) is 0 Å². The van der Waals surface area contributed by atoms with E-state index in [4.69, 9.17) is 25.8 Å². The zero-order valence-corrected chi connectivity index (χ0v) is 15.4. The van der Waals surface area contributed by atoms with E-state index in [1.54, 1.807) is 37.4 Å². The molecule has 1 aromatic carbocycles. The van der Waals surface area contributed by atoms with Crippen molar-refractivity contribution >= 4 is 29.0 Å². The number of rotatable bonds is 6. The molecule has 0 amide bonds. The Balaban J connectivity index is 1.69. The van der Waals surface area contributed by atoms with E-state index in [0.717, 1.165) is 5.69 Å². The number of hydrogen-bond acceptors (Lipinski definition) is 7. The molecule has 0 N–H and O–H groups in total. The Morgan fingerprint density at radius 2 is 1.88 bits per heavy atom. The molecule has 1 saturated heterocycles. The van der Waals surface area contributed by atoms with Crippen molar-refractivity contribution in [1.29, 1.82) is 0 Å². The number of esters is 1. The normalized spacial score (nSPS) is 20.4. The SMILES string of the molecule is CCOC(=O)CC(=O)c1ccc(N2C(Cl)=CN(C3OCCO3)C2C)cc1. The topological polar surface area (TPSA) is 68.3 Å². The van der Waals surface area contributed by atoms with Crippen LogP contribution in [-0.4, -0.2) is 49.1 Å². The molecule has 1 unspecified atom stereocenters. The largest absolute Gasteiger partial charge is 0.466 e. The number of Topliss-reactive ketones (excluding diaryl/α,β-unsaturated/α-hetero) is 1. The summed E-state index contributed by atoms with van der Waals surface area (Å²) in [5.74, 6) is -0.798. The molecule has 0 aromatic heterocycles. The van der Waals surface area contributed by atoms with Gasteiger partial charge in [0.25, 0.3) is 0 Å². The molecular weight excluding hydrogens is 360 g/mol. The summed E-state index contributed by atoms with van der Waals surface area (Å²) in [6, 6.07) is 6.95. The van der Waals surface area contributed by atoms with Gasteiger partial charge in [-0.15, -0.1) is 0 Å². The van der Waals surface area contributed by atoms with Crippen LogP contribution in [0.2, 0.25) is 0 Å². The van der Waals surface area contributed by atoms with Crippen molar-refractivity contribution in [3.63, 3.8) is 0 Å². The summed E-state index contributed by atoms with van der Waals surface area (Å²) in [6.07, 6.45) is 0.959. The lowest BCUT2D eigenvalue weighted by Gasteiger charge is -2.32. The predicted molar refractivity (Wildman–Crippen MR) is 95.4 cm³/mol. The van der Waals surface area contributed by atoms with Gasteiger partial charge in [0.15, 0.2) is 5.78 Å². The summed E-state index contributed by atoms with van der Waals surface area (Å²) < 4.78 is 15.9. The minimum absolute atomic E-state index is 0.105. The van der Waals surface area contributed by atoms with E-state index >= 15 is 0 Å². The smallest absolute Gasteiger partial charge is 0.313 e. The van der Waals surface area contributed by atoms with Gasteiger partial charge in [0.1, 0.15) is 17.7 Å². The molecule has 26 heavy (non-hydrogen) atoms. The lowest BCUT2D eigenvalue weighted by Crippen LogP contribution is -2.42. The maximum atomic E-state index is 12.1. The van der Waals surface area contributed by atoms with E-state index in [-0.39, 0.29) is 25.0 Å². The Morgan fingerprint density at radius 1 is 1.23 bits per heavy atom. The van der Waals surface area contributed by atoms with Crippen LogP contribution in [0.5, 0.6) is 0 Å². The lowest BCUT2D eigenvalue weighted by atomic mass is 10.1. The van der Waals surface area contributed by atoms with Crippen LogP contribution in [0.25, 0.3) is 0 Å². The van der Waals surface area contributed by atoms with Crippen molar-refractivity contribution in [1.82, 2.24) is 4.90 Å². The van der Waals surface area contributed by atoms with Crippen LogP contribution in [0.3, 0.4) is 0 Å². The van der Waals surface area contributed by atoms with Gasteiger partial charge < -0.3 is 24.0 Å². The number of nitrogens with zero attached hydrogens (tertiary/aromatic N) is 2. The first kappa shape index (κ1) is 18.7. The minimum atomic E-state index is -0.520. The Hall–Kier alpha value is -2.09. The molecule has 7 nitrogen and oxygen atoms in total. The van der Waals surface area contributed by atoms with Crippen LogP contribution in [0, 0.1) is 0 Å². The highest BCUT2D eigenvalue weighted by Gasteiger charge is 2.36. The van der Waals surface area contributed by atoms with E-state index in [2.05, 4.69) is 0 Å². The average molecular weight is 381 g/mol. The van der Waals surface area contributed by atoms with Crippen LogP contribution in [0.15, 0.2) is 35.6 Å². The van der Waals surface area contributed by atoms with Crippen molar-refractivity contribution < 1.29 is 23.8 Å². The number of hydrogen-bond donors (Lipinski definition) is 0. The van der Waals surface area contributed by atoms with Crippen LogP contribution < -0.4 is 4.90 Å². The molecule has 2 heterocycles. The molecule has 2 aliphatic heterocycles. The predicted octanol–water partition coefficient (Wildman–Crippen LogP) is 2.66.